The fourth-order valence-corrected chi connectivity index (χ4v) is 0.737. The van der Waals surface area contributed by atoms with Crippen LogP contribution in [0.4, 0.5) is 0 Å². The molecule has 0 rings (SSSR count). The van der Waals surface area contributed by atoms with Gasteiger partial charge >= 0.3 is 0 Å². The van der Waals surface area contributed by atoms with Gasteiger partial charge in [0.1, 0.15) is 11.4 Å². The second-order valence-electron chi connectivity index (χ2n) is 3.97. The van der Waals surface area contributed by atoms with Crippen molar-refractivity contribution < 1.29 is 10.2 Å². The molecule has 0 radical (unpaired) electrons. The molecule has 0 atom stereocenters. The van der Waals surface area contributed by atoms with Gasteiger partial charge in [-0.05, 0) is 27.7 Å². The summed E-state index contributed by atoms with van der Waals surface area (Å²) < 4.78 is 0. The molecule has 0 saturated carbocycles. The first-order valence-electron chi connectivity index (χ1n) is 4.15. The molecule has 0 heterocycles. The lowest BCUT2D eigenvalue weighted by Crippen LogP contribution is -2.47. The molecule has 0 bridgehead atoms. The Hall–Kier alpha value is -0.160. The predicted molar refractivity (Wildman–Crippen MR) is 48.6 cm³/mol. The van der Waals surface area contributed by atoms with Gasteiger partial charge in [-0.25, -0.2) is 0 Å². The maximum Gasteiger partial charge on any atom is 0.110 e. The van der Waals surface area contributed by atoms with Gasteiger partial charge in [0.05, 0.1) is 0 Å². The Balaban J connectivity index is 3.35. The van der Waals surface area contributed by atoms with E-state index in [9.17, 15) is 10.2 Å². The molecule has 0 aromatic heterocycles. The van der Waals surface area contributed by atoms with Crippen LogP contribution >= 0.6 is 0 Å². The average molecular weight is 176 g/mol. The summed E-state index contributed by atoms with van der Waals surface area (Å²) in [5, 5.41) is 24.2. The van der Waals surface area contributed by atoms with Crippen molar-refractivity contribution in [3.05, 3.63) is 0 Å². The van der Waals surface area contributed by atoms with Crippen LogP contribution < -0.4 is 10.6 Å². The van der Waals surface area contributed by atoms with Crippen LogP contribution in [0.5, 0.6) is 0 Å². The quantitative estimate of drug-likeness (QED) is 0.341. The summed E-state index contributed by atoms with van der Waals surface area (Å²) in [5.74, 6) is 0. The van der Waals surface area contributed by atoms with Gasteiger partial charge in [-0.2, -0.15) is 0 Å². The van der Waals surface area contributed by atoms with Crippen LogP contribution in [-0.4, -0.2) is 34.8 Å². The van der Waals surface area contributed by atoms with Crippen LogP contribution in [0.15, 0.2) is 0 Å². The molecule has 0 aliphatic carbocycles. The lowest BCUT2D eigenvalue weighted by atomic mass is 10.3. The highest BCUT2D eigenvalue weighted by Crippen LogP contribution is 1.94. The maximum absolute atomic E-state index is 9.25. The standard InChI is InChI=1S/C8H20N2O2/c1-7(2,11)9-5-6-10-8(3,4)12/h9-12H,5-6H2,1-4H3. The fourth-order valence-electron chi connectivity index (χ4n) is 0.737. The van der Waals surface area contributed by atoms with Crippen molar-refractivity contribution in [1.82, 2.24) is 10.6 Å². The molecule has 0 spiro atoms. The van der Waals surface area contributed by atoms with Gasteiger partial charge in [-0.1, -0.05) is 0 Å². The molecule has 0 saturated heterocycles. The van der Waals surface area contributed by atoms with Gasteiger partial charge in [-0.15, -0.1) is 0 Å². The summed E-state index contributed by atoms with van der Waals surface area (Å²) in [4.78, 5) is 0. The lowest BCUT2D eigenvalue weighted by molar-refractivity contribution is 0.0286. The van der Waals surface area contributed by atoms with Crippen molar-refractivity contribution in [2.24, 2.45) is 0 Å². The Morgan fingerprint density at radius 3 is 1.25 bits per heavy atom. The molecule has 4 heteroatoms. The molecule has 0 aliphatic heterocycles. The SMILES string of the molecule is CC(C)(O)NCCNC(C)(C)O. The van der Waals surface area contributed by atoms with Crippen LogP contribution in [-0.2, 0) is 0 Å². The highest BCUT2D eigenvalue weighted by Gasteiger charge is 2.12. The Labute approximate surface area is 74.0 Å². The van der Waals surface area contributed by atoms with Gasteiger partial charge in [0, 0.05) is 13.1 Å². The summed E-state index contributed by atoms with van der Waals surface area (Å²) in [6.07, 6.45) is 0. The zero-order valence-corrected chi connectivity index (χ0v) is 8.31. The van der Waals surface area contributed by atoms with E-state index in [0.29, 0.717) is 13.1 Å². The molecule has 0 amide bonds. The molecule has 4 N–H and O–H groups in total. The number of hydrogen-bond donors (Lipinski definition) is 4. The number of aliphatic hydroxyl groups is 2. The average Bonchev–Trinajstić information content (AvgIpc) is 1.76. The van der Waals surface area contributed by atoms with E-state index < -0.39 is 11.4 Å². The third kappa shape index (κ3) is 9.84. The Morgan fingerprint density at radius 1 is 0.833 bits per heavy atom. The molecule has 12 heavy (non-hydrogen) atoms. The molecule has 74 valence electrons. The normalized spacial score (nSPS) is 13.5. The molecule has 4 nitrogen and oxygen atoms in total. The summed E-state index contributed by atoms with van der Waals surface area (Å²) in [7, 11) is 0. The number of nitrogens with one attached hydrogen (secondary N) is 2. The Bertz CT molecular complexity index is 108. The first kappa shape index (κ1) is 11.8. The van der Waals surface area contributed by atoms with Gasteiger partial charge in [0.15, 0.2) is 0 Å². The summed E-state index contributed by atoms with van der Waals surface area (Å²) >= 11 is 0. The summed E-state index contributed by atoms with van der Waals surface area (Å²) in [6, 6.07) is 0. The monoisotopic (exact) mass is 176 g/mol. The minimum absolute atomic E-state index is 0.619. The summed E-state index contributed by atoms with van der Waals surface area (Å²) in [6.45, 7) is 7.95. The van der Waals surface area contributed by atoms with Crippen LogP contribution in [0.25, 0.3) is 0 Å². The van der Waals surface area contributed by atoms with Gasteiger partial charge < -0.3 is 10.2 Å². The minimum Gasteiger partial charge on any atom is -0.376 e. The smallest absolute Gasteiger partial charge is 0.110 e. The number of hydrogen-bond acceptors (Lipinski definition) is 4. The van der Waals surface area contributed by atoms with Crippen molar-refractivity contribution in [2.75, 3.05) is 13.1 Å². The van der Waals surface area contributed by atoms with E-state index in [4.69, 9.17) is 0 Å². The van der Waals surface area contributed by atoms with Crippen LogP contribution in [0.1, 0.15) is 27.7 Å². The second-order valence-corrected chi connectivity index (χ2v) is 3.97. The zero-order valence-electron chi connectivity index (χ0n) is 8.31. The Morgan fingerprint density at radius 2 is 1.08 bits per heavy atom. The van der Waals surface area contributed by atoms with E-state index in [0.717, 1.165) is 0 Å². The van der Waals surface area contributed by atoms with Gasteiger partial charge in [0.2, 0.25) is 0 Å². The predicted octanol–water partition coefficient (Wildman–Crippen LogP) is -0.378. The molecular weight excluding hydrogens is 156 g/mol. The fraction of sp³-hybridized carbons (Fsp3) is 1.00. The molecular formula is C8H20N2O2. The lowest BCUT2D eigenvalue weighted by Gasteiger charge is -2.22. The Kier molecular flexibility index (Phi) is 4.13. The largest absolute Gasteiger partial charge is 0.376 e. The van der Waals surface area contributed by atoms with Crippen molar-refractivity contribution in [3.8, 4) is 0 Å². The van der Waals surface area contributed by atoms with Crippen molar-refractivity contribution in [2.45, 2.75) is 39.1 Å². The van der Waals surface area contributed by atoms with E-state index in [1.807, 2.05) is 0 Å². The number of rotatable bonds is 5. The highest BCUT2D eigenvalue weighted by molar-refractivity contribution is 4.66. The summed E-state index contributed by atoms with van der Waals surface area (Å²) in [5.41, 5.74) is -1.69. The van der Waals surface area contributed by atoms with Crippen LogP contribution in [0.2, 0.25) is 0 Å². The van der Waals surface area contributed by atoms with Crippen molar-refractivity contribution in [1.29, 1.82) is 0 Å². The topological polar surface area (TPSA) is 64.5 Å². The molecule has 0 aromatic rings. The van der Waals surface area contributed by atoms with E-state index in [1.165, 1.54) is 0 Å². The third-order valence-electron chi connectivity index (χ3n) is 1.24. The molecule has 0 aliphatic rings. The first-order chi connectivity index (χ1) is 5.21. The van der Waals surface area contributed by atoms with E-state index in [2.05, 4.69) is 10.6 Å². The zero-order chi connectivity index (χ0) is 9.83. The molecule has 0 aromatic carbocycles. The van der Waals surface area contributed by atoms with Crippen LogP contribution in [0, 0.1) is 0 Å². The van der Waals surface area contributed by atoms with E-state index >= 15 is 0 Å². The minimum atomic E-state index is -0.846. The highest BCUT2D eigenvalue weighted by atomic mass is 16.3. The molecule has 0 fully saturated rings. The first-order valence-corrected chi connectivity index (χ1v) is 4.15. The van der Waals surface area contributed by atoms with Crippen LogP contribution in [0.3, 0.4) is 0 Å². The van der Waals surface area contributed by atoms with E-state index in [1.54, 1.807) is 27.7 Å². The molecule has 0 unspecified atom stereocenters. The van der Waals surface area contributed by atoms with Crippen molar-refractivity contribution in [3.63, 3.8) is 0 Å². The van der Waals surface area contributed by atoms with Gasteiger partial charge in [-0.3, -0.25) is 10.6 Å². The third-order valence-corrected chi connectivity index (χ3v) is 1.24. The maximum atomic E-state index is 9.25. The van der Waals surface area contributed by atoms with E-state index in [-0.39, 0.29) is 0 Å². The van der Waals surface area contributed by atoms with Crippen molar-refractivity contribution >= 4 is 0 Å². The second kappa shape index (κ2) is 4.18. The van der Waals surface area contributed by atoms with Gasteiger partial charge in [0.25, 0.3) is 0 Å².